The average molecular weight is 322 g/mol. The molecule has 4 nitrogen and oxygen atoms in total. The number of nitriles is 1. The van der Waals surface area contributed by atoms with Gasteiger partial charge in [0.05, 0.1) is 11.6 Å². The van der Waals surface area contributed by atoms with Crippen LogP contribution in [0.3, 0.4) is 0 Å². The van der Waals surface area contributed by atoms with E-state index >= 15 is 0 Å². The summed E-state index contributed by atoms with van der Waals surface area (Å²) in [6.45, 7) is 0.902. The maximum Gasteiger partial charge on any atom is 0.161 e. The number of anilines is 1. The fraction of sp³-hybridized carbons (Fsp3) is 0.200. The normalized spacial score (nSPS) is 10.2. The maximum absolute atomic E-state index is 9.23. The summed E-state index contributed by atoms with van der Waals surface area (Å²) in [6, 6.07) is 12.8. The first-order valence-electron chi connectivity index (χ1n) is 6.31. The summed E-state index contributed by atoms with van der Waals surface area (Å²) < 4.78 is 0. The molecule has 0 saturated carbocycles. The Morgan fingerprint density at radius 1 is 1.24 bits per heavy atom. The van der Waals surface area contributed by atoms with Crippen LogP contribution in [0.15, 0.2) is 36.4 Å². The van der Waals surface area contributed by atoms with Crippen LogP contribution in [0, 0.1) is 11.3 Å². The molecule has 2 rings (SSSR count). The lowest BCUT2D eigenvalue weighted by molar-refractivity contribution is 0.301. The molecule has 0 saturated heterocycles. The van der Waals surface area contributed by atoms with E-state index in [-0.39, 0.29) is 12.3 Å². The third-order valence-corrected chi connectivity index (χ3v) is 3.43. The molecule has 1 aromatic carbocycles. The Kier molecular flexibility index (Phi) is 5.40. The van der Waals surface area contributed by atoms with Gasteiger partial charge in [0.25, 0.3) is 0 Å². The highest BCUT2D eigenvalue weighted by molar-refractivity contribution is 6.31. The van der Waals surface area contributed by atoms with E-state index in [0.29, 0.717) is 29.0 Å². The summed E-state index contributed by atoms with van der Waals surface area (Å²) in [7, 11) is 0. The molecule has 0 aliphatic carbocycles. The first-order valence-corrected chi connectivity index (χ1v) is 7.06. The Labute approximate surface area is 133 Å². The minimum Gasteiger partial charge on any atom is -0.395 e. The van der Waals surface area contributed by atoms with Gasteiger partial charge >= 0.3 is 0 Å². The van der Waals surface area contributed by atoms with Gasteiger partial charge in [-0.3, -0.25) is 0 Å². The molecule has 0 atom stereocenters. The number of hydrogen-bond acceptors (Lipinski definition) is 4. The Bertz CT molecular complexity index is 670. The van der Waals surface area contributed by atoms with E-state index in [4.69, 9.17) is 28.5 Å². The van der Waals surface area contributed by atoms with Crippen molar-refractivity contribution in [1.29, 1.82) is 5.26 Å². The molecule has 0 unspecified atom stereocenters. The molecule has 0 radical (unpaired) electrons. The minimum atomic E-state index is -0.0211. The largest absolute Gasteiger partial charge is 0.395 e. The minimum absolute atomic E-state index is 0.0211. The highest BCUT2D eigenvalue weighted by Gasteiger charge is 2.11. The van der Waals surface area contributed by atoms with Crippen LogP contribution in [0.5, 0.6) is 0 Å². The van der Waals surface area contributed by atoms with Crippen LogP contribution >= 0.6 is 23.2 Å². The standard InChI is InChI=1S/C15H13Cl2N3O/c16-12-3-1-2-11(8-12)10-20(6-7-21)15-5-4-13(17)14(9-18)19-15/h1-5,8,21H,6-7,10H2. The van der Waals surface area contributed by atoms with Crippen molar-refractivity contribution in [1.82, 2.24) is 4.98 Å². The van der Waals surface area contributed by atoms with Crippen LogP contribution < -0.4 is 4.90 Å². The van der Waals surface area contributed by atoms with E-state index in [2.05, 4.69) is 4.98 Å². The van der Waals surface area contributed by atoms with E-state index in [1.165, 1.54) is 0 Å². The van der Waals surface area contributed by atoms with Crippen LogP contribution in [0.2, 0.25) is 10.0 Å². The fourth-order valence-corrected chi connectivity index (χ4v) is 2.30. The molecule has 0 aliphatic rings. The molecule has 0 aliphatic heterocycles. The molecule has 0 bridgehead atoms. The fourth-order valence-electron chi connectivity index (χ4n) is 1.94. The number of rotatable bonds is 5. The second-order valence-corrected chi connectivity index (χ2v) is 5.23. The molecule has 0 spiro atoms. The van der Waals surface area contributed by atoms with Crippen molar-refractivity contribution in [3.8, 4) is 6.07 Å². The second kappa shape index (κ2) is 7.28. The smallest absolute Gasteiger partial charge is 0.161 e. The highest BCUT2D eigenvalue weighted by Crippen LogP contribution is 2.21. The third-order valence-electron chi connectivity index (χ3n) is 2.89. The van der Waals surface area contributed by atoms with Gasteiger partial charge in [0.15, 0.2) is 5.69 Å². The number of aliphatic hydroxyl groups is 1. The molecule has 1 N–H and O–H groups in total. The first-order chi connectivity index (χ1) is 10.1. The van der Waals surface area contributed by atoms with Crippen LogP contribution in [0.4, 0.5) is 5.82 Å². The predicted molar refractivity (Wildman–Crippen MR) is 83.5 cm³/mol. The number of pyridine rings is 1. The van der Waals surface area contributed by atoms with Gasteiger partial charge in [0.1, 0.15) is 11.9 Å². The molecule has 6 heteroatoms. The second-order valence-electron chi connectivity index (χ2n) is 4.39. The van der Waals surface area contributed by atoms with Gasteiger partial charge in [0, 0.05) is 18.1 Å². The van der Waals surface area contributed by atoms with Crippen LogP contribution in [0.1, 0.15) is 11.3 Å². The summed E-state index contributed by atoms with van der Waals surface area (Å²) in [5.41, 5.74) is 1.16. The first kappa shape index (κ1) is 15.6. The predicted octanol–water partition coefficient (Wildman–Crippen LogP) is 3.26. The Balaban J connectivity index is 2.28. The zero-order chi connectivity index (χ0) is 15.2. The van der Waals surface area contributed by atoms with Crippen molar-refractivity contribution in [3.05, 3.63) is 57.7 Å². The average Bonchev–Trinajstić information content (AvgIpc) is 2.47. The third kappa shape index (κ3) is 4.08. The van der Waals surface area contributed by atoms with Crippen molar-refractivity contribution in [2.75, 3.05) is 18.1 Å². The Morgan fingerprint density at radius 2 is 2.05 bits per heavy atom. The van der Waals surface area contributed by atoms with Crippen molar-refractivity contribution in [3.63, 3.8) is 0 Å². The van der Waals surface area contributed by atoms with Crippen molar-refractivity contribution >= 4 is 29.0 Å². The molecule has 2 aromatic rings. The number of halogens is 2. The van der Waals surface area contributed by atoms with Gasteiger partial charge in [-0.15, -0.1) is 0 Å². The number of aliphatic hydroxyl groups excluding tert-OH is 1. The summed E-state index contributed by atoms with van der Waals surface area (Å²) in [4.78, 5) is 6.08. The summed E-state index contributed by atoms with van der Waals surface area (Å²) >= 11 is 11.9. The molecular formula is C15H13Cl2N3O. The molecule has 108 valence electrons. The lowest BCUT2D eigenvalue weighted by Crippen LogP contribution is -2.27. The Morgan fingerprint density at radius 3 is 2.71 bits per heavy atom. The topological polar surface area (TPSA) is 60.2 Å². The molecule has 1 aromatic heterocycles. The zero-order valence-electron chi connectivity index (χ0n) is 11.1. The molecule has 0 amide bonds. The molecule has 21 heavy (non-hydrogen) atoms. The summed E-state index contributed by atoms with van der Waals surface area (Å²) in [5.74, 6) is 0.588. The summed E-state index contributed by atoms with van der Waals surface area (Å²) in [5, 5.41) is 19.2. The van der Waals surface area contributed by atoms with Gasteiger partial charge in [-0.05, 0) is 29.8 Å². The highest BCUT2D eigenvalue weighted by atomic mass is 35.5. The van der Waals surface area contributed by atoms with E-state index in [0.717, 1.165) is 5.56 Å². The lowest BCUT2D eigenvalue weighted by atomic mass is 10.2. The van der Waals surface area contributed by atoms with E-state index in [1.54, 1.807) is 18.2 Å². The van der Waals surface area contributed by atoms with Gasteiger partial charge in [0.2, 0.25) is 0 Å². The molecular weight excluding hydrogens is 309 g/mol. The van der Waals surface area contributed by atoms with Gasteiger partial charge in [-0.2, -0.15) is 5.26 Å². The number of benzene rings is 1. The van der Waals surface area contributed by atoms with Gasteiger partial charge < -0.3 is 10.0 Å². The van der Waals surface area contributed by atoms with Gasteiger partial charge in [-0.1, -0.05) is 35.3 Å². The van der Waals surface area contributed by atoms with Crippen LogP contribution in [0.25, 0.3) is 0 Å². The number of aromatic nitrogens is 1. The van der Waals surface area contributed by atoms with Crippen molar-refractivity contribution in [2.24, 2.45) is 0 Å². The van der Waals surface area contributed by atoms with Crippen LogP contribution in [-0.4, -0.2) is 23.2 Å². The monoisotopic (exact) mass is 321 g/mol. The number of hydrogen-bond donors (Lipinski definition) is 1. The Hall–Kier alpha value is -1.80. The molecule has 0 fully saturated rings. The maximum atomic E-state index is 9.23. The quantitative estimate of drug-likeness (QED) is 0.918. The van der Waals surface area contributed by atoms with E-state index in [1.807, 2.05) is 29.2 Å². The number of nitrogens with zero attached hydrogens (tertiary/aromatic N) is 3. The SMILES string of the molecule is N#Cc1nc(N(CCO)Cc2cccc(Cl)c2)ccc1Cl. The zero-order valence-corrected chi connectivity index (χ0v) is 12.6. The van der Waals surface area contributed by atoms with Crippen LogP contribution in [-0.2, 0) is 6.54 Å². The lowest BCUT2D eigenvalue weighted by Gasteiger charge is -2.23. The van der Waals surface area contributed by atoms with E-state index < -0.39 is 0 Å². The summed E-state index contributed by atoms with van der Waals surface area (Å²) in [6.07, 6.45) is 0. The van der Waals surface area contributed by atoms with Crippen molar-refractivity contribution in [2.45, 2.75) is 6.54 Å². The molecule has 1 heterocycles. The van der Waals surface area contributed by atoms with E-state index in [9.17, 15) is 5.11 Å². The van der Waals surface area contributed by atoms with Crippen molar-refractivity contribution < 1.29 is 5.11 Å². The van der Waals surface area contributed by atoms with Gasteiger partial charge in [-0.25, -0.2) is 4.98 Å².